The van der Waals surface area contributed by atoms with Crippen molar-refractivity contribution < 1.29 is 0 Å². The van der Waals surface area contributed by atoms with E-state index >= 15 is 0 Å². The quantitative estimate of drug-likeness (QED) is 0.586. The van der Waals surface area contributed by atoms with Crippen molar-refractivity contribution in [2.75, 3.05) is 13.1 Å². The second kappa shape index (κ2) is 4.57. The first-order valence-electron chi connectivity index (χ1n) is 5.09. The Kier molecular flexibility index (Phi) is 3.38. The number of nitrogens with zero attached hydrogens (tertiary/aromatic N) is 2. The van der Waals surface area contributed by atoms with Crippen LogP contribution in [-0.4, -0.2) is 21.2 Å². The van der Waals surface area contributed by atoms with Gasteiger partial charge in [0.2, 0.25) is 0 Å². The normalized spacial score (nSPS) is 19.9. The van der Waals surface area contributed by atoms with E-state index in [1.807, 2.05) is 6.20 Å². The predicted octanol–water partition coefficient (Wildman–Crippen LogP) is 2.92. The molecule has 0 atom stereocenters. The van der Waals surface area contributed by atoms with Gasteiger partial charge in [-0.05, 0) is 31.4 Å². The zero-order chi connectivity index (χ0) is 9.97. The third kappa shape index (κ3) is 2.45. The van der Waals surface area contributed by atoms with Crippen LogP contribution in [-0.2, 0) is 0 Å². The first kappa shape index (κ1) is 10.4. The SMILES string of the molecule is Cc1ccc(C2CCN(I)CC2)nc1. The van der Waals surface area contributed by atoms with Crippen molar-refractivity contribution in [2.45, 2.75) is 25.7 Å². The fourth-order valence-electron chi connectivity index (χ4n) is 1.86. The number of hydrogen-bond acceptors (Lipinski definition) is 2. The number of halogens is 1. The molecule has 2 heterocycles. The molecule has 0 bridgehead atoms. The summed E-state index contributed by atoms with van der Waals surface area (Å²) in [6.07, 6.45) is 4.48. The summed E-state index contributed by atoms with van der Waals surface area (Å²) in [5.41, 5.74) is 2.53. The molecule has 0 aliphatic carbocycles. The first-order chi connectivity index (χ1) is 6.75. The van der Waals surface area contributed by atoms with Gasteiger partial charge in [-0.2, -0.15) is 0 Å². The van der Waals surface area contributed by atoms with Crippen LogP contribution in [0.15, 0.2) is 18.3 Å². The van der Waals surface area contributed by atoms with Crippen molar-refractivity contribution in [3.05, 3.63) is 29.6 Å². The maximum atomic E-state index is 4.51. The van der Waals surface area contributed by atoms with Gasteiger partial charge in [-0.3, -0.25) is 4.98 Å². The van der Waals surface area contributed by atoms with Gasteiger partial charge in [0.25, 0.3) is 0 Å². The lowest BCUT2D eigenvalue weighted by Gasteiger charge is -2.26. The molecule has 76 valence electrons. The molecule has 0 saturated carbocycles. The molecule has 1 aliphatic rings. The molecule has 0 N–H and O–H groups in total. The summed E-state index contributed by atoms with van der Waals surface area (Å²) in [4.78, 5) is 4.51. The maximum Gasteiger partial charge on any atom is 0.0435 e. The highest BCUT2D eigenvalue weighted by atomic mass is 127. The monoisotopic (exact) mass is 302 g/mol. The van der Waals surface area contributed by atoms with Crippen molar-refractivity contribution in [1.29, 1.82) is 0 Å². The molecule has 0 radical (unpaired) electrons. The predicted molar refractivity (Wildman–Crippen MR) is 66.5 cm³/mol. The van der Waals surface area contributed by atoms with Crippen molar-refractivity contribution in [3.8, 4) is 0 Å². The Bertz CT molecular complexity index is 289. The topological polar surface area (TPSA) is 16.1 Å². The Morgan fingerprint density at radius 2 is 2.07 bits per heavy atom. The van der Waals surface area contributed by atoms with E-state index in [2.05, 4.69) is 50.0 Å². The standard InChI is InChI=1S/C11H15IN2/c1-9-2-3-11(13-8-9)10-4-6-14(12)7-5-10/h2-3,8,10H,4-7H2,1H3. The Labute approximate surface area is 99.2 Å². The minimum atomic E-state index is 0.682. The molecule has 0 amide bonds. The van der Waals surface area contributed by atoms with E-state index in [-0.39, 0.29) is 0 Å². The van der Waals surface area contributed by atoms with Crippen LogP contribution in [0.4, 0.5) is 0 Å². The third-order valence-corrected chi connectivity index (χ3v) is 3.76. The number of aromatic nitrogens is 1. The van der Waals surface area contributed by atoms with Gasteiger partial charge in [-0.15, -0.1) is 0 Å². The molecule has 1 aliphatic heterocycles. The van der Waals surface area contributed by atoms with Crippen LogP contribution < -0.4 is 0 Å². The minimum Gasteiger partial charge on any atom is -0.261 e. The second-order valence-electron chi connectivity index (χ2n) is 3.94. The lowest BCUT2D eigenvalue weighted by atomic mass is 9.94. The highest BCUT2D eigenvalue weighted by molar-refractivity contribution is 14.1. The number of pyridine rings is 1. The van der Waals surface area contributed by atoms with Gasteiger partial charge in [0.15, 0.2) is 0 Å². The van der Waals surface area contributed by atoms with Crippen LogP contribution in [0, 0.1) is 6.92 Å². The summed E-state index contributed by atoms with van der Waals surface area (Å²) in [7, 11) is 0. The van der Waals surface area contributed by atoms with E-state index < -0.39 is 0 Å². The molecule has 1 fully saturated rings. The smallest absolute Gasteiger partial charge is 0.0435 e. The zero-order valence-corrected chi connectivity index (χ0v) is 10.6. The summed E-state index contributed by atoms with van der Waals surface area (Å²) in [6, 6.07) is 4.35. The minimum absolute atomic E-state index is 0.682. The van der Waals surface area contributed by atoms with Crippen LogP contribution >= 0.6 is 22.9 Å². The highest BCUT2D eigenvalue weighted by Crippen LogP contribution is 2.27. The van der Waals surface area contributed by atoms with Crippen LogP contribution in [0.5, 0.6) is 0 Å². The van der Waals surface area contributed by atoms with Crippen molar-refractivity contribution >= 4 is 22.9 Å². The largest absolute Gasteiger partial charge is 0.261 e. The molecule has 3 heteroatoms. The summed E-state index contributed by atoms with van der Waals surface area (Å²) >= 11 is 2.40. The van der Waals surface area contributed by atoms with Gasteiger partial charge < -0.3 is 0 Å². The zero-order valence-electron chi connectivity index (χ0n) is 8.41. The van der Waals surface area contributed by atoms with Crippen molar-refractivity contribution in [1.82, 2.24) is 8.10 Å². The maximum absolute atomic E-state index is 4.51. The van der Waals surface area contributed by atoms with E-state index in [9.17, 15) is 0 Å². The molecule has 14 heavy (non-hydrogen) atoms. The van der Waals surface area contributed by atoms with E-state index in [4.69, 9.17) is 0 Å². The molecular formula is C11H15IN2. The van der Waals surface area contributed by atoms with E-state index in [0.717, 1.165) is 0 Å². The Morgan fingerprint density at radius 3 is 2.64 bits per heavy atom. The van der Waals surface area contributed by atoms with Crippen LogP contribution in [0.1, 0.15) is 30.0 Å². The highest BCUT2D eigenvalue weighted by Gasteiger charge is 2.19. The molecule has 2 nitrogen and oxygen atoms in total. The molecule has 0 aromatic carbocycles. The molecule has 1 saturated heterocycles. The van der Waals surface area contributed by atoms with Crippen LogP contribution in [0.3, 0.4) is 0 Å². The third-order valence-electron chi connectivity index (χ3n) is 2.79. The molecular weight excluding hydrogens is 287 g/mol. The fraction of sp³-hybridized carbons (Fsp3) is 0.545. The Morgan fingerprint density at radius 1 is 1.36 bits per heavy atom. The molecule has 0 spiro atoms. The lowest BCUT2D eigenvalue weighted by molar-refractivity contribution is 0.364. The van der Waals surface area contributed by atoms with Gasteiger partial charge >= 0.3 is 0 Å². The molecule has 1 aromatic rings. The van der Waals surface area contributed by atoms with Crippen molar-refractivity contribution in [2.24, 2.45) is 0 Å². The van der Waals surface area contributed by atoms with Gasteiger partial charge in [-0.1, -0.05) is 6.07 Å². The summed E-state index contributed by atoms with van der Waals surface area (Å²) in [5.74, 6) is 0.682. The van der Waals surface area contributed by atoms with E-state index in [0.29, 0.717) is 5.92 Å². The van der Waals surface area contributed by atoms with E-state index in [1.165, 1.54) is 37.2 Å². The van der Waals surface area contributed by atoms with Crippen molar-refractivity contribution in [3.63, 3.8) is 0 Å². The van der Waals surface area contributed by atoms with Crippen LogP contribution in [0.25, 0.3) is 0 Å². The summed E-state index contributed by atoms with van der Waals surface area (Å²) in [5, 5.41) is 0. The van der Waals surface area contributed by atoms with Gasteiger partial charge in [0.1, 0.15) is 0 Å². The summed E-state index contributed by atoms with van der Waals surface area (Å²) < 4.78 is 2.36. The Hall–Kier alpha value is -0.160. The average Bonchev–Trinajstić information content (AvgIpc) is 2.21. The van der Waals surface area contributed by atoms with Gasteiger partial charge in [0.05, 0.1) is 0 Å². The van der Waals surface area contributed by atoms with Gasteiger partial charge in [0, 0.05) is 53.8 Å². The number of aryl methyl sites for hydroxylation is 1. The van der Waals surface area contributed by atoms with Crippen LogP contribution in [0.2, 0.25) is 0 Å². The molecule has 0 unspecified atom stereocenters. The molecule has 1 aromatic heterocycles. The second-order valence-corrected chi connectivity index (χ2v) is 5.31. The summed E-state index contributed by atoms with van der Waals surface area (Å²) in [6.45, 7) is 4.48. The Balaban J connectivity index is 2.05. The fourth-order valence-corrected chi connectivity index (χ4v) is 2.42. The molecule has 2 rings (SSSR count). The number of hydrogen-bond donors (Lipinski definition) is 0. The lowest BCUT2D eigenvalue weighted by Crippen LogP contribution is -2.25. The number of rotatable bonds is 1. The van der Waals surface area contributed by atoms with Gasteiger partial charge in [-0.25, -0.2) is 3.11 Å². The first-order valence-corrected chi connectivity index (χ1v) is 6.05. The van der Waals surface area contributed by atoms with E-state index in [1.54, 1.807) is 0 Å². The number of piperidine rings is 1. The average molecular weight is 302 g/mol.